The van der Waals surface area contributed by atoms with Gasteiger partial charge in [-0.2, -0.15) is 0 Å². The van der Waals surface area contributed by atoms with Gasteiger partial charge in [0.05, 0.1) is 6.61 Å². The summed E-state index contributed by atoms with van der Waals surface area (Å²) in [7, 11) is 0. The van der Waals surface area contributed by atoms with Crippen LogP contribution in [0, 0.1) is 0 Å². The van der Waals surface area contributed by atoms with Crippen molar-refractivity contribution >= 4 is 23.0 Å². The molecule has 1 atom stereocenters. The molecule has 0 aliphatic rings. The van der Waals surface area contributed by atoms with Crippen LogP contribution < -0.4 is 0 Å². The van der Waals surface area contributed by atoms with Crippen molar-refractivity contribution in [1.29, 1.82) is 0 Å². The van der Waals surface area contributed by atoms with Crippen molar-refractivity contribution in [3.05, 3.63) is 29.8 Å². The summed E-state index contributed by atoms with van der Waals surface area (Å²) < 4.78 is 5.09. The molecule has 72 valence electrons. The van der Waals surface area contributed by atoms with Gasteiger partial charge in [-0.3, -0.25) is 0 Å². The normalized spacial score (nSPS) is 12.8. The molecule has 0 saturated heterocycles. The van der Waals surface area contributed by atoms with E-state index < -0.39 is 0 Å². The highest BCUT2D eigenvalue weighted by Gasteiger charge is 2.08. The minimum atomic E-state index is 0.314. The lowest BCUT2D eigenvalue weighted by molar-refractivity contribution is 0.373. The van der Waals surface area contributed by atoms with E-state index in [-0.39, 0.29) is 0 Å². The molecule has 0 fully saturated rings. The third-order valence-corrected chi connectivity index (χ3v) is 2.48. The van der Waals surface area contributed by atoms with Gasteiger partial charge in [0.2, 0.25) is 0 Å². The number of hydrogen-bond donors (Lipinski definition) is 1. The maximum Gasteiger partial charge on any atom is 0.115 e. The molecule has 0 aliphatic carbocycles. The summed E-state index contributed by atoms with van der Waals surface area (Å²) in [4.78, 5) is 0. The molecule has 2 nitrogen and oxygen atoms in total. The summed E-state index contributed by atoms with van der Waals surface area (Å²) in [6, 6.07) is 7.31. The Kier molecular flexibility index (Phi) is 4.52. The van der Waals surface area contributed by atoms with E-state index in [0.717, 1.165) is 13.0 Å². The third-order valence-electron chi connectivity index (χ3n) is 2.12. The number of benzene rings is 1. The molecule has 0 heterocycles. The van der Waals surface area contributed by atoms with Gasteiger partial charge in [-0.25, -0.2) is 0 Å². The van der Waals surface area contributed by atoms with Gasteiger partial charge in [-0.05, 0) is 24.1 Å². The largest absolute Gasteiger partial charge is 0.508 e. The molecule has 0 radical (unpaired) electrons. The number of hydrogen-bond acceptors (Lipinski definition) is 2. The topological polar surface area (TPSA) is 29.5 Å². The van der Waals surface area contributed by atoms with E-state index in [1.165, 1.54) is 5.56 Å². The second-order valence-electron chi connectivity index (χ2n) is 2.97. The molecule has 1 aromatic carbocycles. The minimum absolute atomic E-state index is 0.314. The quantitative estimate of drug-likeness (QED) is 0.863. The Morgan fingerprint density at radius 1 is 1.38 bits per heavy atom. The van der Waals surface area contributed by atoms with Gasteiger partial charge < -0.3 is 8.17 Å². The maximum atomic E-state index is 9.11. The Morgan fingerprint density at radius 2 is 2.00 bits per heavy atom. The van der Waals surface area contributed by atoms with E-state index in [1.807, 2.05) is 35.1 Å². The second kappa shape index (κ2) is 5.44. The van der Waals surface area contributed by atoms with Crippen molar-refractivity contribution in [3.8, 4) is 5.75 Å². The van der Waals surface area contributed by atoms with Crippen molar-refractivity contribution in [2.75, 3.05) is 6.61 Å². The zero-order valence-corrected chi connectivity index (χ0v) is 9.69. The van der Waals surface area contributed by atoms with Crippen LogP contribution in [0.4, 0.5) is 0 Å². The minimum Gasteiger partial charge on any atom is -0.508 e. The molecule has 0 aromatic heterocycles. The summed E-state index contributed by atoms with van der Waals surface area (Å²) in [6.45, 7) is 2.86. The number of phenolic OH excluding ortho intramolecular Hbond substituents is 1. The predicted molar refractivity (Wildman–Crippen MR) is 61.1 cm³/mol. The Labute approximate surface area is 92.6 Å². The maximum absolute atomic E-state index is 9.11. The van der Waals surface area contributed by atoms with E-state index in [4.69, 9.17) is 8.17 Å². The molecule has 1 aromatic rings. The number of rotatable bonds is 4. The highest BCUT2D eigenvalue weighted by atomic mass is 127. The van der Waals surface area contributed by atoms with Gasteiger partial charge in [-0.15, -0.1) is 0 Å². The number of aromatic hydroxyl groups is 1. The lowest BCUT2D eigenvalue weighted by Gasteiger charge is -2.12. The highest BCUT2D eigenvalue weighted by Crippen LogP contribution is 2.22. The third kappa shape index (κ3) is 3.15. The highest BCUT2D eigenvalue weighted by molar-refractivity contribution is 14.1. The Balaban J connectivity index is 2.73. The van der Waals surface area contributed by atoms with Crippen molar-refractivity contribution < 1.29 is 8.17 Å². The summed E-state index contributed by atoms with van der Waals surface area (Å²) in [5.41, 5.74) is 1.22. The van der Waals surface area contributed by atoms with Crippen molar-refractivity contribution in [3.63, 3.8) is 0 Å². The van der Waals surface area contributed by atoms with Crippen molar-refractivity contribution in [2.24, 2.45) is 0 Å². The van der Waals surface area contributed by atoms with Crippen LogP contribution in [0.25, 0.3) is 0 Å². The molecule has 1 N–H and O–H groups in total. The molecular weight excluding hydrogens is 279 g/mol. The first kappa shape index (κ1) is 10.8. The molecule has 0 saturated carbocycles. The van der Waals surface area contributed by atoms with Gasteiger partial charge in [0.25, 0.3) is 0 Å². The second-order valence-corrected chi connectivity index (χ2v) is 3.60. The van der Waals surface area contributed by atoms with Gasteiger partial charge >= 0.3 is 0 Å². The lowest BCUT2D eigenvalue weighted by Crippen LogP contribution is -2.02. The van der Waals surface area contributed by atoms with Crippen LogP contribution in [0.2, 0.25) is 0 Å². The number of phenols is 1. The Hall–Kier alpha value is -0.290. The predicted octanol–water partition coefficient (Wildman–Crippen LogP) is 3.25. The fourth-order valence-electron chi connectivity index (χ4n) is 1.27. The zero-order chi connectivity index (χ0) is 9.68. The van der Waals surface area contributed by atoms with Crippen LogP contribution in [0.5, 0.6) is 5.75 Å². The van der Waals surface area contributed by atoms with E-state index in [0.29, 0.717) is 11.7 Å². The summed E-state index contributed by atoms with van der Waals surface area (Å²) in [5.74, 6) is 0.742. The van der Waals surface area contributed by atoms with Crippen molar-refractivity contribution in [1.82, 2.24) is 0 Å². The molecule has 0 amide bonds. The Bertz CT molecular complexity index is 246. The van der Waals surface area contributed by atoms with Crippen LogP contribution in [0.15, 0.2) is 24.3 Å². The molecule has 1 unspecified atom stereocenters. The van der Waals surface area contributed by atoms with Crippen LogP contribution in [0.1, 0.15) is 24.8 Å². The average molecular weight is 292 g/mol. The lowest BCUT2D eigenvalue weighted by atomic mass is 9.97. The van der Waals surface area contributed by atoms with E-state index >= 15 is 0 Å². The molecule has 0 spiro atoms. The summed E-state index contributed by atoms with van der Waals surface area (Å²) >= 11 is 1.91. The van der Waals surface area contributed by atoms with Gasteiger partial charge in [-0.1, -0.05) is 19.1 Å². The zero-order valence-electron chi connectivity index (χ0n) is 7.53. The van der Waals surface area contributed by atoms with E-state index in [1.54, 1.807) is 12.1 Å². The van der Waals surface area contributed by atoms with Gasteiger partial charge in [0.1, 0.15) is 28.8 Å². The standard InChI is InChI=1S/C10H13IO2/c1-2-8(7-13-11)9-3-5-10(12)6-4-9/h3-6,8,12H,2,7H2,1H3. The van der Waals surface area contributed by atoms with Gasteiger partial charge in [0, 0.05) is 5.92 Å². The average Bonchev–Trinajstić information content (AvgIpc) is 2.16. The number of halogens is 1. The van der Waals surface area contributed by atoms with Crippen LogP contribution in [0.3, 0.4) is 0 Å². The fraction of sp³-hybridized carbons (Fsp3) is 0.400. The van der Waals surface area contributed by atoms with E-state index in [2.05, 4.69) is 6.92 Å². The van der Waals surface area contributed by atoms with Crippen LogP contribution in [-0.4, -0.2) is 11.7 Å². The van der Waals surface area contributed by atoms with E-state index in [9.17, 15) is 0 Å². The Morgan fingerprint density at radius 3 is 2.46 bits per heavy atom. The molecule has 13 heavy (non-hydrogen) atoms. The SMILES string of the molecule is CCC(COI)c1ccc(O)cc1. The first-order valence-corrected chi connectivity index (χ1v) is 5.18. The molecule has 1 rings (SSSR count). The molecule has 0 aliphatic heterocycles. The molecule has 3 heteroatoms. The first-order chi connectivity index (χ1) is 6.27. The van der Waals surface area contributed by atoms with Gasteiger partial charge in [0.15, 0.2) is 0 Å². The van der Waals surface area contributed by atoms with Crippen molar-refractivity contribution in [2.45, 2.75) is 19.3 Å². The first-order valence-electron chi connectivity index (χ1n) is 4.30. The molecule has 0 bridgehead atoms. The monoisotopic (exact) mass is 292 g/mol. The summed E-state index contributed by atoms with van der Waals surface area (Å²) in [5, 5.41) is 9.11. The fourth-order valence-corrected chi connectivity index (χ4v) is 1.71. The van der Waals surface area contributed by atoms with Crippen LogP contribution >= 0.6 is 23.0 Å². The van der Waals surface area contributed by atoms with Crippen LogP contribution in [-0.2, 0) is 3.07 Å². The summed E-state index contributed by atoms with van der Waals surface area (Å²) in [6.07, 6.45) is 1.05. The molecular formula is C10H13IO2. The smallest absolute Gasteiger partial charge is 0.115 e.